The number of amides is 2. The molecule has 2 amide bonds. The summed E-state index contributed by atoms with van der Waals surface area (Å²) in [4.78, 5) is 32.6. The molecular weight excluding hydrogens is 324 g/mol. The Morgan fingerprint density at radius 3 is 2.60 bits per heavy atom. The Morgan fingerprint density at radius 1 is 1.20 bits per heavy atom. The quantitative estimate of drug-likeness (QED) is 0.825. The molecule has 138 valence electrons. The fourth-order valence-corrected chi connectivity index (χ4v) is 3.77. The van der Waals surface area contributed by atoms with Gasteiger partial charge in [0.1, 0.15) is 6.04 Å². The van der Waals surface area contributed by atoms with Crippen molar-refractivity contribution in [2.45, 2.75) is 51.5 Å². The van der Waals surface area contributed by atoms with Gasteiger partial charge in [0.25, 0.3) is 0 Å². The summed E-state index contributed by atoms with van der Waals surface area (Å²) >= 11 is 0. The second-order valence-electron chi connectivity index (χ2n) is 6.88. The lowest BCUT2D eigenvalue weighted by atomic mass is 9.92. The van der Waals surface area contributed by atoms with Crippen LogP contribution in [0, 0.1) is 12.8 Å². The first kappa shape index (κ1) is 17.7. The van der Waals surface area contributed by atoms with Crippen LogP contribution in [0.15, 0.2) is 4.52 Å². The molecule has 3 heterocycles. The molecule has 2 aliphatic heterocycles. The number of hydrogen-bond donors (Lipinski definition) is 0. The van der Waals surface area contributed by atoms with Gasteiger partial charge in [-0.05, 0) is 38.0 Å². The maximum atomic E-state index is 12.9. The topological polar surface area (TPSA) is 88.8 Å². The molecule has 2 aliphatic rings. The number of hydrogen-bond acceptors (Lipinski definition) is 6. The van der Waals surface area contributed by atoms with E-state index in [1.807, 2.05) is 4.90 Å². The Hall–Kier alpha value is -2.12. The highest BCUT2D eigenvalue weighted by atomic mass is 16.5. The molecule has 8 heteroatoms. The Bertz CT molecular complexity index is 610. The number of likely N-dealkylation sites (tertiary alicyclic amines) is 2. The van der Waals surface area contributed by atoms with Crippen LogP contribution in [0.1, 0.15) is 43.8 Å². The van der Waals surface area contributed by atoms with Crippen LogP contribution >= 0.6 is 0 Å². The fraction of sp³-hybridized carbons (Fsp3) is 0.765. The predicted octanol–water partition coefficient (Wildman–Crippen LogP) is 1.78. The van der Waals surface area contributed by atoms with Gasteiger partial charge in [-0.25, -0.2) is 4.79 Å². The van der Waals surface area contributed by atoms with E-state index in [9.17, 15) is 9.59 Å². The molecule has 0 saturated carbocycles. The molecule has 1 atom stereocenters. The molecule has 0 bridgehead atoms. The predicted molar refractivity (Wildman–Crippen MR) is 88.8 cm³/mol. The van der Waals surface area contributed by atoms with Crippen molar-refractivity contribution in [3.8, 4) is 0 Å². The molecule has 1 aromatic heterocycles. The van der Waals surface area contributed by atoms with Crippen LogP contribution in [0.2, 0.25) is 0 Å². The fourth-order valence-electron chi connectivity index (χ4n) is 3.77. The van der Waals surface area contributed by atoms with E-state index in [0.29, 0.717) is 31.4 Å². The molecule has 3 rings (SSSR count). The van der Waals surface area contributed by atoms with Gasteiger partial charge in [0, 0.05) is 33.0 Å². The number of aryl methyl sites for hydroxylation is 1. The first-order valence-electron chi connectivity index (χ1n) is 9.01. The van der Waals surface area contributed by atoms with Gasteiger partial charge in [0.2, 0.25) is 11.8 Å². The van der Waals surface area contributed by atoms with Crippen molar-refractivity contribution in [3.05, 3.63) is 11.7 Å². The van der Waals surface area contributed by atoms with Crippen LogP contribution in [0.3, 0.4) is 0 Å². The number of rotatable bonds is 3. The third-order valence-corrected chi connectivity index (χ3v) is 5.16. The number of aromatic nitrogens is 2. The third kappa shape index (κ3) is 4.11. The Morgan fingerprint density at radius 2 is 1.96 bits per heavy atom. The average molecular weight is 350 g/mol. The minimum atomic E-state index is -0.402. The van der Waals surface area contributed by atoms with Crippen molar-refractivity contribution in [2.24, 2.45) is 5.92 Å². The summed E-state index contributed by atoms with van der Waals surface area (Å²) in [5.41, 5.74) is 0. The van der Waals surface area contributed by atoms with Crippen LogP contribution in [0.25, 0.3) is 0 Å². The number of piperidine rings is 2. The lowest BCUT2D eigenvalue weighted by Crippen LogP contribution is -2.54. The first-order chi connectivity index (χ1) is 12.1. The highest BCUT2D eigenvalue weighted by molar-refractivity contribution is 5.86. The minimum absolute atomic E-state index is 0.0546. The van der Waals surface area contributed by atoms with E-state index in [1.165, 1.54) is 7.11 Å². The number of nitrogens with zero attached hydrogens (tertiary/aromatic N) is 4. The van der Waals surface area contributed by atoms with E-state index in [0.717, 1.165) is 44.3 Å². The van der Waals surface area contributed by atoms with Gasteiger partial charge < -0.3 is 14.2 Å². The van der Waals surface area contributed by atoms with Crippen molar-refractivity contribution < 1.29 is 18.8 Å². The summed E-state index contributed by atoms with van der Waals surface area (Å²) in [7, 11) is 1.36. The Labute approximate surface area is 147 Å². The van der Waals surface area contributed by atoms with Crippen LogP contribution in [-0.4, -0.2) is 64.7 Å². The maximum absolute atomic E-state index is 12.9. The Balaban J connectivity index is 1.54. The molecule has 1 aromatic rings. The van der Waals surface area contributed by atoms with Gasteiger partial charge in [-0.15, -0.1) is 0 Å². The largest absolute Gasteiger partial charge is 0.453 e. The van der Waals surface area contributed by atoms with Gasteiger partial charge in [0.15, 0.2) is 5.82 Å². The molecule has 8 nitrogen and oxygen atoms in total. The number of methoxy groups -OCH3 is 1. The third-order valence-electron chi connectivity index (χ3n) is 5.16. The number of carbonyl (C=O) groups excluding carboxylic acids is 2. The van der Waals surface area contributed by atoms with Crippen molar-refractivity contribution in [1.82, 2.24) is 19.9 Å². The molecular formula is C17H26N4O4. The van der Waals surface area contributed by atoms with Gasteiger partial charge in [0.05, 0.1) is 7.11 Å². The monoisotopic (exact) mass is 350 g/mol. The van der Waals surface area contributed by atoms with Crippen LogP contribution in [-0.2, 0) is 16.0 Å². The standard InChI is InChI=1S/C17H26N4O4/c1-12-18-15(19-25-12)11-13-6-9-20(10-7-13)16(22)14-5-3-4-8-21(14)17(23)24-2/h13-14H,3-11H2,1-2H3/t14-/m0/s1. The van der Waals surface area contributed by atoms with E-state index in [4.69, 9.17) is 9.26 Å². The summed E-state index contributed by atoms with van der Waals surface area (Å²) in [5, 5.41) is 3.95. The van der Waals surface area contributed by atoms with Gasteiger partial charge in [-0.3, -0.25) is 9.69 Å². The summed E-state index contributed by atoms with van der Waals surface area (Å²) in [5.74, 6) is 1.84. The zero-order chi connectivity index (χ0) is 17.8. The van der Waals surface area contributed by atoms with Crippen LogP contribution in [0.5, 0.6) is 0 Å². The molecule has 0 aliphatic carbocycles. The van der Waals surface area contributed by atoms with Gasteiger partial charge in [-0.2, -0.15) is 4.98 Å². The van der Waals surface area contributed by atoms with E-state index >= 15 is 0 Å². The minimum Gasteiger partial charge on any atom is -0.453 e. The highest BCUT2D eigenvalue weighted by Crippen LogP contribution is 2.25. The average Bonchev–Trinajstić information content (AvgIpc) is 3.06. The van der Waals surface area contributed by atoms with Gasteiger partial charge >= 0.3 is 6.09 Å². The summed E-state index contributed by atoms with van der Waals surface area (Å²) in [6.07, 6.45) is 4.84. The number of carbonyl (C=O) groups is 2. The molecule has 2 saturated heterocycles. The zero-order valence-corrected chi connectivity index (χ0v) is 14.9. The summed E-state index contributed by atoms with van der Waals surface area (Å²) < 4.78 is 9.85. The van der Waals surface area contributed by atoms with E-state index in [1.54, 1.807) is 11.8 Å². The van der Waals surface area contributed by atoms with E-state index in [2.05, 4.69) is 10.1 Å². The maximum Gasteiger partial charge on any atom is 0.410 e. The second kappa shape index (κ2) is 7.84. The molecule has 0 N–H and O–H groups in total. The molecule has 0 spiro atoms. The normalized spacial score (nSPS) is 22.1. The molecule has 0 radical (unpaired) electrons. The van der Waals surface area contributed by atoms with Gasteiger partial charge in [-0.1, -0.05) is 5.16 Å². The SMILES string of the molecule is COC(=O)N1CCCC[C@H]1C(=O)N1CCC(Cc2noc(C)n2)CC1. The summed E-state index contributed by atoms with van der Waals surface area (Å²) in [6, 6.07) is -0.377. The molecule has 0 unspecified atom stereocenters. The van der Waals surface area contributed by atoms with Crippen molar-refractivity contribution in [3.63, 3.8) is 0 Å². The summed E-state index contributed by atoms with van der Waals surface area (Å²) in [6.45, 7) is 3.81. The lowest BCUT2D eigenvalue weighted by molar-refractivity contribution is -0.139. The smallest absolute Gasteiger partial charge is 0.410 e. The lowest BCUT2D eigenvalue weighted by Gasteiger charge is -2.39. The van der Waals surface area contributed by atoms with Crippen molar-refractivity contribution in [2.75, 3.05) is 26.7 Å². The molecule has 0 aromatic carbocycles. The molecule has 2 fully saturated rings. The molecule has 25 heavy (non-hydrogen) atoms. The van der Waals surface area contributed by atoms with Crippen LogP contribution < -0.4 is 0 Å². The Kier molecular flexibility index (Phi) is 5.55. The van der Waals surface area contributed by atoms with Crippen molar-refractivity contribution in [1.29, 1.82) is 0 Å². The highest BCUT2D eigenvalue weighted by Gasteiger charge is 2.36. The number of ether oxygens (including phenoxy) is 1. The van der Waals surface area contributed by atoms with Crippen LogP contribution in [0.4, 0.5) is 4.79 Å². The van der Waals surface area contributed by atoms with E-state index < -0.39 is 6.09 Å². The zero-order valence-electron chi connectivity index (χ0n) is 14.9. The van der Waals surface area contributed by atoms with Crippen molar-refractivity contribution >= 4 is 12.0 Å². The first-order valence-corrected chi connectivity index (χ1v) is 9.01. The van der Waals surface area contributed by atoms with E-state index in [-0.39, 0.29) is 11.9 Å². The second-order valence-corrected chi connectivity index (χ2v) is 6.88.